The second-order valence-electron chi connectivity index (χ2n) is 9.68. The lowest BCUT2D eigenvalue weighted by atomic mass is 9.84. The molecule has 6 heteroatoms. The lowest BCUT2D eigenvalue weighted by molar-refractivity contribution is 0.0953. The van der Waals surface area contributed by atoms with Gasteiger partial charge in [-0.05, 0) is 80.2 Å². The highest BCUT2D eigenvalue weighted by Crippen LogP contribution is 2.42. The van der Waals surface area contributed by atoms with Gasteiger partial charge in [-0.1, -0.05) is 36.4 Å². The third kappa shape index (κ3) is 5.77. The van der Waals surface area contributed by atoms with Crippen molar-refractivity contribution in [3.63, 3.8) is 0 Å². The van der Waals surface area contributed by atoms with Crippen molar-refractivity contribution < 1.29 is 14.2 Å². The molecule has 0 N–H and O–H groups in total. The number of piperidine rings is 1. The fourth-order valence-corrected chi connectivity index (χ4v) is 5.46. The van der Waals surface area contributed by atoms with E-state index in [1.165, 1.54) is 29.5 Å². The monoisotopic (exact) mass is 473 g/mol. The van der Waals surface area contributed by atoms with E-state index in [0.29, 0.717) is 12.0 Å². The fourth-order valence-electron chi connectivity index (χ4n) is 5.46. The fraction of sp³-hybridized carbons (Fsp3) is 0.414. The molecule has 6 nitrogen and oxygen atoms in total. The molecule has 1 fully saturated rings. The minimum Gasteiger partial charge on any atom is -0.493 e. The van der Waals surface area contributed by atoms with Crippen LogP contribution in [0.2, 0.25) is 0 Å². The number of nitrogens with zero attached hydrogens (tertiary/aromatic N) is 3. The van der Waals surface area contributed by atoms with Crippen molar-refractivity contribution in [2.24, 2.45) is 5.92 Å². The molecule has 184 valence electrons. The molecule has 1 unspecified atom stereocenters. The Bertz CT molecular complexity index is 1090. The van der Waals surface area contributed by atoms with Gasteiger partial charge in [0.25, 0.3) is 0 Å². The Balaban J connectivity index is 1.24. The molecule has 2 aromatic carbocycles. The molecule has 1 atom stereocenters. The highest BCUT2D eigenvalue weighted by Gasteiger charge is 2.30. The normalized spacial score (nSPS) is 17.0. The minimum absolute atomic E-state index is 0.260. The summed E-state index contributed by atoms with van der Waals surface area (Å²) in [6.45, 7) is 4.26. The molecule has 1 saturated heterocycles. The Morgan fingerprint density at radius 3 is 2.57 bits per heavy atom. The standard InChI is InChI=1S/C29H35N3O3/c1-31(19-23-9-6-12-30-18-23)26(15-22-7-4-3-5-8-22)25-10-13-32(14-11-25)20-24-16-27(33-2)29-28(17-24)34-21-35-29/h3-9,12,16-18,25-26H,10-11,13-15,19-21H2,1-2H3. The van der Waals surface area contributed by atoms with Crippen molar-refractivity contribution in [2.75, 3.05) is 34.0 Å². The van der Waals surface area contributed by atoms with Gasteiger partial charge >= 0.3 is 0 Å². The Morgan fingerprint density at radius 2 is 1.83 bits per heavy atom. The second kappa shape index (κ2) is 11.1. The van der Waals surface area contributed by atoms with E-state index in [0.717, 1.165) is 49.8 Å². The average Bonchev–Trinajstić information content (AvgIpc) is 3.37. The first-order valence-electron chi connectivity index (χ1n) is 12.5. The Hall–Kier alpha value is -3.09. The van der Waals surface area contributed by atoms with E-state index in [4.69, 9.17) is 14.2 Å². The molecular weight excluding hydrogens is 438 g/mol. The number of fused-ring (bicyclic) bond motifs is 1. The molecule has 1 aromatic heterocycles. The van der Waals surface area contributed by atoms with E-state index in [-0.39, 0.29) is 6.79 Å². The average molecular weight is 474 g/mol. The first-order chi connectivity index (χ1) is 17.2. The molecule has 5 rings (SSSR count). The van der Waals surface area contributed by atoms with Crippen molar-refractivity contribution in [1.29, 1.82) is 0 Å². The number of likely N-dealkylation sites (tertiary alicyclic amines) is 1. The maximum Gasteiger partial charge on any atom is 0.231 e. The van der Waals surface area contributed by atoms with Gasteiger partial charge in [0.15, 0.2) is 11.5 Å². The van der Waals surface area contributed by atoms with E-state index in [2.05, 4.69) is 70.4 Å². The van der Waals surface area contributed by atoms with Crippen LogP contribution in [0.1, 0.15) is 29.5 Å². The highest BCUT2D eigenvalue weighted by molar-refractivity contribution is 5.55. The Kier molecular flexibility index (Phi) is 7.50. The molecule has 3 aromatic rings. The van der Waals surface area contributed by atoms with Gasteiger partial charge in [-0.3, -0.25) is 14.8 Å². The molecule has 0 spiro atoms. The van der Waals surface area contributed by atoms with Gasteiger partial charge in [0.2, 0.25) is 12.5 Å². The van der Waals surface area contributed by atoms with Crippen LogP contribution < -0.4 is 14.2 Å². The minimum atomic E-state index is 0.260. The lowest BCUT2D eigenvalue weighted by Gasteiger charge is -2.40. The molecule has 0 saturated carbocycles. The zero-order valence-corrected chi connectivity index (χ0v) is 20.7. The van der Waals surface area contributed by atoms with Crippen molar-refractivity contribution in [1.82, 2.24) is 14.8 Å². The van der Waals surface area contributed by atoms with Crippen LogP contribution in [-0.2, 0) is 19.5 Å². The third-order valence-electron chi connectivity index (χ3n) is 7.31. The van der Waals surface area contributed by atoms with E-state index in [9.17, 15) is 0 Å². The van der Waals surface area contributed by atoms with Gasteiger partial charge in [0.1, 0.15) is 0 Å². The van der Waals surface area contributed by atoms with Gasteiger partial charge < -0.3 is 14.2 Å². The number of pyridine rings is 1. The predicted octanol–water partition coefficient (Wildman–Crippen LogP) is 4.77. The van der Waals surface area contributed by atoms with E-state index >= 15 is 0 Å². The zero-order valence-electron chi connectivity index (χ0n) is 20.7. The summed E-state index contributed by atoms with van der Waals surface area (Å²) in [4.78, 5) is 9.40. The predicted molar refractivity (Wildman–Crippen MR) is 137 cm³/mol. The van der Waals surface area contributed by atoms with Crippen LogP contribution in [0.4, 0.5) is 0 Å². The number of methoxy groups -OCH3 is 1. The molecule has 0 radical (unpaired) electrons. The SMILES string of the molecule is COc1cc(CN2CCC(C(Cc3ccccc3)N(C)Cc3cccnc3)CC2)cc2c1OCO2. The summed E-state index contributed by atoms with van der Waals surface area (Å²) < 4.78 is 16.7. The van der Waals surface area contributed by atoms with Gasteiger partial charge in [-0.15, -0.1) is 0 Å². The smallest absolute Gasteiger partial charge is 0.231 e. The van der Waals surface area contributed by atoms with Gasteiger partial charge in [-0.2, -0.15) is 0 Å². The third-order valence-corrected chi connectivity index (χ3v) is 7.31. The Morgan fingerprint density at radius 1 is 1.03 bits per heavy atom. The zero-order chi connectivity index (χ0) is 24.0. The van der Waals surface area contributed by atoms with Gasteiger partial charge in [-0.25, -0.2) is 0 Å². The van der Waals surface area contributed by atoms with Crippen LogP contribution in [0.5, 0.6) is 17.2 Å². The van der Waals surface area contributed by atoms with Crippen LogP contribution in [-0.4, -0.2) is 54.9 Å². The van der Waals surface area contributed by atoms with Crippen LogP contribution >= 0.6 is 0 Å². The van der Waals surface area contributed by atoms with Crippen molar-refractivity contribution in [3.8, 4) is 17.2 Å². The molecular formula is C29H35N3O3. The summed E-state index contributed by atoms with van der Waals surface area (Å²) in [5.41, 5.74) is 3.88. The largest absolute Gasteiger partial charge is 0.493 e. The van der Waals surface area contributed by atoms with Crippen LogP contribution in [0.15, 0.2) is 67.0 Å². The van der Waals surface area contributed by atoms with Gasteiger partial charge in [0, 0.05) is 31.5 Å². The van der Waals surface area contributed by atoms with Crippen LogP contribution in [0.25, 0.3) is 0 Å². The van der Waals surface area contributed by atoms with E-state index in [1.54, 1.807) is 7.11 Å². The number of likely N-dealkylation sites (N-methyl/N-ethyl adjacent to an activating group) is 1. The van der Waals surface area contributed by atoms with E-state index < -0.39 is 0 Å². The number of benzene rings is 2. The second-order valence-corrected chi connectivity index (χ2v) is 9.68. The van der Waals surface area contributed by atoms with E-state index in [1.807, 2.05) is 18.5 Å². The first kappa shape index (κ1) is 23.6. The molecule has 0 aliphatic carbocycles. The Labute approximate surface area is 208 Å². The molecule has 0 bridgehead atoms. The summed E-state index contributed by atoms with van der Waals surface area (Å²) in [6, 6.07) is 19.8. The summed E-state index contributed by atoms with van der Waals surface area (Å²) >= 11 is 0. The maximum atomic E-state index is 5.62. The molecule has 3 heterocycles. The maximum absolute atomic E-state index is 5.62. The van der Waals surface area contributed by atoms with Crippen molar-refractivity contribution in [2.45, 2.75) is 38.4 Å². The van der Waals surface area contributed by atoms with Crippen LogP contribution in [0.3, 0.4) is 0 Å². The number of rotatable bonds is 9. The van der Waals surface area contributed by atoms with Crippen molar-refractivity contribution in [3.05, 3.63) is 83.7 Å². The molecule has 35 heavy (non-hydrogen) atoms. The van der Waals surface area contributed by atoms with Crippen LogP contribution in [0, 0.1) is 5.92 Å². The summed E-state index contributed by atoms with van der Waals surface area (Å²) in [6.07, 6.45) is 7.28. The quantitative estimate of drug-likeness (QED) is 0.446. The first-order valence-corrected chi connectivity index (χ1v) is 12.5. The summed E-state index contributed by atoms with van der Waals surface area (Å²) in [5, 5.41) is 0. The summed E-state index contributed by atoms with van der Waals surface area (Å²) in [7, 11) is 3.95. The lowest BCUT2D eigenvalue weighted by Crippen LogP contribution is -2.44. The van der Waals surface area contributed by atoms with Gasteiger partial charge in [0.05, 0.1) is 7.11 Å². The number of aromatic nitrogens is 1. The topological polar surface area (TPSA) is 47.1 Å². The molecule has 0 amide bonds. The molecule has 2 aliphatic heterocycles. The summed E-state index contributed by atoms with van der Waals surface area (Å²) in [5.74, 6) is 2.91. The van der Waals surface area contributed by atoms with Crippen molar-refractivity contribution >= 4 is 0 Å². The molecule has 2 aliphatic rings. The number of hydrogen-bond donors (Lipinski definition) is 0. The highest BCUT2D eigenvalue weighted by atomic mass is 16.7. The number of hydrogen-bond acceptors (Lipinski definition) is 6. The number of ether oxygens (including phenoxy) is 3.